The summed E-state index contributed by atoms with van der Waals surface area (Å²) in [6, 6.07) is 0. The van der Waals surface area contributed by atoms with E-state index in [0.29, 0.717) is 18.9 Å². The van der Waals surface area contributed by atoms with E-state index in [4.69, 9.17) is 5.11 Å². The average molecular weight is 242 g/mol. The SMILES string of the molecule is CCCCN(CCO)C(=O)CC1CCNCC1. The number of amides is 1. The number of aliphatic hydroxyl groups excluding tert-OH is 1. The number of unbranched alkanes of at least 4 members (excludes halogenated alkanes) is 1. The number of nitrogens with zero attached hydrogens (tertiary/aromatic N) is 1. The molecule has 1 saturated heterocycles. The van der Waals surface area contributed by atoms with Gasteiger partial charge in [-0.05, 0) is 38.3 Å². The molecule has 1 heterocycles. The standard InChI is InChI=1S/C13H26N2O2/c1-2-3-8-15(9-10-16)13(17)11-12-4-6-14-7-5-12/h12,14,16H,2-11H2,1H3. The highest BCUT2D eigenvalue weighted by atomic mass is 16.3. The average Bonchev–Trinajstić information content (AvgIpc) is 2.35. The zero-order valence-electron chi connectivity index (χ0n) is 11.0. The Bertz CT molecular complexity index is 215. The van der Waals surface area contributed by atoms with Crippen molar-refractivity contribution in [1.82, 2.24) is 10.2 Å². The second-order valence-corrected chi connectivity index (χ2v) is 4.86. The molecule has 0 aliphatic carbocycles. The van der Waals surface area contributed by atoms with Crippen molar-refractivity contribution in [3.8, 4) is 0 Å². The lowest BCUT2D eigenvalue weighted by Gasteiger charge is -2.26. The van der Waals surface area contributed by atoms with Gasteiger partial charge in [0.25, 0.3) is 0 Å². The van der Waals surface area contributed by atoms with Crippen molar-refractivity contribution in [1.29, 1.82) is 0 Å². The van der Waals surface area contributed by atoms with E-state index in [0.717, 1.165) is 45.3 Å². The van der Waals surface area contributed by atoms with Crippen LogP contribution in [0.2, 0.25) is 0 Å². The minimum Gasteiger partial charge on any atom is -0.395 e. The molecule has 1 amide bonds. The van der Waals surface area contributed by atoms with Gasteiger partial charge < -0.3 is 15.3 Å². The Morgan fingerprint density at radius 3 is 2.65 bits per heavy atom. The number of carbonyl (C=O) groups excluding carboxylic acids is 1. The van der Waals surface area contributed by atoms with Gasteiger partial charge in [-0.1, -0.05) is 13.3 Å². The Balaban J connectivity index is 2.34. The Kier molecular flexibility index (Phi) is 7.21. The Morgan fingerprint density at radius 1 is 1.35 bits per heavy atom. The van der Waals surface area contributed by atoms with Crippen LogP contribution in [0.1, 0.15) is 39.0 Å². The van der Waals surface area contributed by atoms with E-state index >= 15 is 0 Å². The maximum atomic E-state index is 12.1. The summed E-state index contributed by atoms with van der Waals surface area (Å²) in [5.74, 6) is 0.756. The molecule has 0 saturated carbocycles. The summed E-state index contributed by atoms with van der Waals surface area (Å²) < 4.78 is 0. The van der Waals surface area contributed by atoms with E-state index in [1.54, 1.807) is 0 Å². The molecule has 0 aromatic rings. The number of hydrogen-bond acceptors (Lipinski definition) is 3. The van der Waals surface area contributed by atoms with Crippen LogP contribution < -0.4 is 5.32 Å². The maximum Gasteiger partial charge on any atom is 0.222 e. The van der Waals surface area contributed by atoms with Gasteiger partial charge in [0.15, 0.2) is 0 Å². The van der Waals surface area contributed by atoms with Crippen LogP contribution in [0.25, 0.3) is 0 Å². The quantitative estimate of drug-likeness (QED) is 0.700. The number of piperidine rings is 1. The van der Waals surface area contributed by atoms with Crippen LogP contribution in [0.15, 0.2) is 0 Å². The van der Waals surface area contributed by atoms with Crippen LogP contribution in [-0.4, -0.2) is 48.7 Å². The molecular weight excluding hydrogens is 216 g/mol. The smallest absolute Gasteiger partial charge is 0.222 e. The largest absolute Gasteiger partial charge is 0.395 e. The van der Waals surface area contributed by atoms with Crippen molar-refractivity contribution in [3.63, 3.8) is 0 Å². The molecule has 1 aliphatic rings. The highest BCUT2D eigenvalue weighted by Crippen LogP contribution is 2.17. The summed E-state index contributed by atoms with van der Waals surface area (Å²) in [6.45, 7) is 5.54. The third kappa shape index (κ3) is 5.50. The predicted molar refractivity (Wildman–Crippen MR) is 68.8 cm³/mol. The zero-order chi connectivity index (χ0) is 12.5. The molecule has 1 aliphatic heterocycles. The Morgan fingerprint density at radius 2 is 2.06 bits per heavy atom. The first-order valence-corrected chi connectivity index (χ1v) is 6.87. The zero-order valence-corrected chi connectivity index (χ0v) is 11.0. The van der Waals surface area contributed by atoms with E-state index in [2.05, 4.69) is 12.2 Å². The number of hydrogen-bond donors (Lipinski definition) is 2. The first-order valence-electron chi connectivity index (χ1n) is 6.87. The second kappa shape index (κ2) is 8.48. The summed E-state index contributed by atoms with van der Waals surface area (Å²) >= 11 is 0. The Hall–Kier alpha value is -0.610. The second-order valence-electron chi connectivity index (χ2n) is 4.86. The van der Waals surface area contributed by atoms with Gasteiger partial charge in [0.1, 0.15) is 0 Å². The molecule has 4 heteroatoms. The highest BCUT2D eigenvalue weighted by Gasteiger charge is 2.20. The van der Waals surface area contributed by atoms with Gasteiger partial charge in [0.05, 0.1) is 6.61 Å². The van der Waals surface area contributed by atoms with Crippen molar-refractivity contribution < 1.29 is 9.90 Å². The summed E-state index contributed by atoms with van der Waals surface area (Å²) in [6.07, 6.45) is 4.98. The third-order valence-electron chi connectivity index (χ3n) is 3.43. The van der Waals surface area contributed by atoms with Gasteiger partial charge in [-0.2, -0.15) is 0 Å². The molecule has 0 bridgehead atoms. The van der Waals surface area contributed by atoms with Gasteiger partial charge in [0, 0.05) is 19.5 Å². The highest BCUT2D eigenvalue weighted by molar-refractivity contribution is 5.76. The van der Waals surface area contributed by atoms with Crippen molar-refractivity contribution in [2.24, 2.45) is 5.92 Å². The lowest BCUT2D eigenvalue weighted by molar-refractivity contribution is -0.133. The van der Waals surface area contributed by atoms with Crippen molar-refractivity contribution >= 4 is 5.91 Å². The number of carbonyl (C=O) groups is 1. The molecule has 0 aromatic heterocycles. The van der Waals surface area contributed by atoms with Crippen LogP contribution in [0.5, 0.6) is 0 Å². The summed E-state index contributed by atoms with van der Waals surface area (Å²) in [7, 11) is 0. The van der Waals surface area contributed by atoms with Gasteiger partial charge in [-0.25, -0.2) is 0 Å². The monoisotopic (exact) mass is 242 g/mol. The first-order chi connectivity index (χ1) is 8.27. The Labute approximate surface area is 104 Å². The lowest BCUT2D eigenvalue weighted by Crippen LogP contribution is -2.37. The fourth-order valence-corrected chi connectivity index (χ4v) is 2.29. The molecule has 2 N–H and O–H groups in total. The number of nitrogens with one attached hydrogen (secondary N) is 1. The molecule has 17 heavy (non-hydrogen) atoms. The van der Waals surface area contributed by atoms with Crippen molar-refractivity contribution in [2.75, 3.05) is 32.8 Å². The van der Waals surface area contributed by atoms with E-state index in [1.165, 1.54) is 0 Å². The van der Waals surface area contributed by atoms with Crippen molar-refractivity contribution in [3.05, 3.63) is 0 Å². The molecule has 4 nitrogen and oxygen atoms in total. The predicted octanol–water partition coefficient (Wildman–Crippen LogP) is 0.997. The summed E-state index contributed by atoms with van der Waals surface area (Å²) in [5.41, 5.74) is 0. The van der Waals surface area contributed by atoms with Crippen LogP contribution in [-0.2, 0) is 4.79 Å². The number of rotatable bonds is 7. The minimum absolute atomic E-state index is 0.0711. The lowest BCUT2D eigenvalue weighted by atomic mass is 9.94. The maximum absolute atomic E-state index is 12.1. The van der Waals surface area contributed by atoms with Gasteiger partial charge in [0.2, 0.25) is 5.91 Å². The topological polar surface area (TPSA) is 52.6 Å². The fourth-order valence-electron chi connectivity index (χ4n) is 2.29. The minimum atomic E-state index is 0.0711. The molecule has 0 aromatic carbocycles. The van der Waals surface area contributed by atoms with Crippen LogP contribution in [0, 0.1) is 5.92 Å². The van der Waals surface area contributed by atoms with Gasteiger partial charge >= 0.3 is 0 Å². The molecule has 1 fully saturated rings. The van der Waals surface area contributed by atoms with Gasteiger partial charge in [-0.3, -0.25) is 4.79 Å². The molecule has 0 radical (unpaired) electrons. The van der Waals surface area contributed by atoms with Crippen LogP contribution in [0.3, 0.4) is 0 Å². The van der Waals surface area contributed by atoms with Crippen LogP contribution >= 0.6 is 0 Å². The molecule has 100 valence electrons. The van der Waals surface area contributed by atoms with E-state index < -0.39 is 0 Å². The first kappa shape index (κ1) is 14.5. The van der Waals surface area contributed by atoms with Crippen LogP contribution in [0.4, 0.5) is 0 Å². The van der Waals surface area contributed by atoms with E-state index in [-0.39, 0.29) is 12.5 Å². The summed E-state index contributed by atoms with van der Waals surface area (Å²) in [5, 5.41) is 12.3. The molecule has 0 atom stereocenters. The summed E-state index contributed by atoms with van der Waals surface area (Å²) in [4.78, 5) is 13.9. The number of aliphatic hydroxyl groups is 1. The molecule has 1 rings (SSSR count). The van der Waals surface area contributed by atoms with Crippen molar-refractivity contribution in [2.45, 2.75) is 39.0 Å². The molecular formula is C13H26N2O2. The fraction of sp³-hybridized carbons (Fsp3) is 0.923. The van der Waals surface area contributed by atoms with Gasteiger partial charge in [-0.15, -0.1) is 0 Å². The molecule has 0 unspecified atom stereocenters. The normalized spacial score (nSPS) is 17.1. The van der Waals surface area contributed by atoms with E-state index in [1.807, 2.05) is 4.90 Å². The molecule has 0 spiro atoms. The van der Waals surface area contributed by atoms with E-state index in [9.17, 15) is 4.79 Å². The third-order valence-corrected chi connectivity index (χ3v) is 3.43.